The molecule has 1 aliphatic heterocycles. The van der Waals surface area contributed by atoms with Crippen LogP contribution in [0.1, 0.15) is 10.4 Å². The molecule has 0 saturated carbocycles. The quantitative estimate of drug-likeness (QED) is 0.582. The summed E-state index contributed by atoms with van der Waals surface area (Å²) in [5, 5.41) is 3.08. The van der Waals surface area contributed by atoms with Crippen LogP contribution in [0.5, 0.6) is 0 Å². The summed E-state index contributed by atoms with van der Waals surface area (Å²) in [6.45, 7) is 0. The fourth-order valence-electron chi connectivity index (χ4n) is 1.28. The molecule has 2 rings (SSSR count). The lowest BCUT2D eigenvalue weighted by molar-refractivity contribution is -0.115. The zero-order chi connectivity index (χ0) is 10.3. The number of ketones is 1. The summed E-state index contributed by atoms with van der Waals surface area (Å²) < 4.78 is 0. The zero-order valence-electron chi connectivity index (χ0n) is 6.88. The molecule has 1 aromatic rings. The van der Waals surface area contributed by atoms with E-state index in [1.807, 2.05) is 0 Å². The van der Waals surface area contributed by atoms with Gasteiger partial charge in [-0.3, -0.25) is 9.59 Å². The first-order chi connectivity index (χ1) is 6.59. The molecule has 0 aromatic heterocycles. The third kappa shape index (κ3) is 1.44. The number of amides is 1. The number of halogens is 2. The number of carbonyl (C=O) groups is 2. The maximum Gasteiger partial charge on any atom is 0.246 e. The topological polar surface area (TPSA) is 46.2 Å². The van der Waals surface area contributed by atoms with Crippen LogP contribution in [0, 0.1) is 0 Å². The molecule has 14 heavy (non-hydrogen) atoms. The number of fused-ring (bicyclic) bond motifs is 1. The standard InChI is InChI=1S/C9H5BrClNO2/c10-7-8(13)5-3-4(11)1-2-6(5)12-9(7)14/h1-3,7H,(H,12,14). The van der Waals surface area contributed by atoms with E-state index in [4.69, 9.17) is 11.6 Å². The Balaban J connectivity index is 2.57. The van der Waals surface area contributed by atoms with Crippen molar-refractivity contribution in [3.63, 3.8) is 0 Å². The molecule has 1 N–H and O–H groups in total. The average Bonchev–Trinajstić information content (AvgIpc) is 2.16. The Labute approximate surface area is 93.6 Å². The van der Waals surface area contributed by atoms with Crippen molar-refractivity contribution in [1.82, 2.24) is 0 Å². The van der Waals surface area contributed by atoms with Crippen molar-refractivity contribution >= 4 is 44.9 Å². The lowest BCUT2D eigenvalue weighted by atomic mass is 10.0. The predicted octanol–water partition coefficient (Wildman–Crippen LogP) is 2.24. The minimum atomic E-state index is -0.812. The van der Waals surface area contributed by atoms with Gasteiger partial charge in [-0.25, -0.2) is 0 Å². The monoisotopic (exact) mass is 273 g/mol. The normalized spacial score (nSPS) is 20.3. The van der Waals surface area contributed by atoms with E-state index < -0.39 is 4.83 Å². The minimum Gasteiger partial charge on any atom is -0.324 e. The number of benzene rings is 1. The first kappa shape index (κ1) is 9.68. The van der Waals surface area contributed by atoms with Gasteiger partial charge in [-0.15, -0.1) is 0 Å². The highest BCUT2D eigenvalue weighted by Gasteiger charge is 2.31. The van der Waals surface area contributed by atoms with Crippen molar-refractivity contribution < 1.29 is 9.59 Å². The lowest BCUT2D eigenvalue weighted by Gasteiger charge is -2.19. The summed E-state index contributed by atoms with van der Waals surface area (Å²) in [5.41, 5.74) is 0.957. The average molecular weight is 275 g/mol. The van der Waals surface area contributed by atoms with Crippen LogP contribution < -0.4 is 5.32 Å². The molecule has 5 heteroatoms. The second-order valence-electron chi connectivity index (χ2n) is 2.91. The van der Waals surface area contributed by atoms with Crippen molar-refractivity contribution in [2.45, 2.75) is 4.83 Å². The predicted molar refractivity (Wildman–Crippen MR) is 57.1 cm³/mol. The minimum absolute atomic E-state index is 0.258. The Morgan fingerprint density at radius 2 is 2.07 bits per heavy atom. The summed E-state index contributed by atoms with van der Waals surface area (Å²) in [6, 6.07) is 4.79. The second kappa shape index (κ2) is 3.37. The third-order valence-electron chi connectivity index (χ3n) is 1.97. The van der Waals surface area contributed by atoms with Crippen LogP contribution in [0.3, 0.4) is 0 Å². The highest BCUT2D eigenvalue weighted by molar-refractivity contribution is 9.10. The van der Waals surface area contributed by atoms with Crippen molar-refractivity contribution in [3.05, 3.63) is 28.8 Å². The molecule has 1 heterocycles. The summed E-state index contributed by atoms with van der Waals surface area (Å²) in [4.78, 5) is 22.0. The van der Waals surface area contributed by atoms with Gasteiger partial charge >= 0.3 is 0 Å². The number of carbonyl (C=O) groups excluding carboxylic acids is 2. The van der Waals surface area contributed by atoms with E-state index >= 15 is 0 Å². The first-order valence-electron chi connectivity index (χ1n) is 3.88. The van der Waals surface area contributed by atoms with Crippen LogP contribution in [0.15, 0.2) is 18.2 Å². The summed E-state index contributed by atoms with van der Waals surface area (Å²) in [5.74, 6) is -0.601. The van der Waals surface area contributed by atoms with Crippen molar-refractivity contribution in [3.8, 4) is 0 Å². The molecule has 0 bridgehead atoms. The Kier molecular flexibility index (Phi) is 2.33. The van der Waals surface area contributed by atoms with Crippen LogP contribution in [-0.2, 0) is 4.79 Å². The fourth-order valence-corrected chi connectivity index (χ4v) is 1.81. The Morgan fingerprint density at radius 1 is 1.36 bits per heavy atom. The van der Waals surface area contributed by atoms with Crippen molar-refractivity contribution in [2.24, 2.45) is 0 Å². The van der Waals surface area contributed by atoms with Gasteiger partial charge in [0, 0.05) is 10.6 Å². The summed E-state index contributed by atoms with van der Waals surface area (Å²) in [7, 11) is 0. The highest BCUT2D eigenvalue weighted by Crippen LogP contribution is 2.28. The van der Waals surface area contributed by atoms with Crippen LogP contribution >= 0.6 is 27.5 Å². The van der Waals surface area contributed by atoms with E-state index in [1.165, 1.54) is 0 Å². The number of hydrogen-bond donors (Lipinski definition) is 1. The highest BCUT2D eigenvalue weighted by atomic mass is 79.9. The van der Waals surface area contributed by atoms with E-state index in [9.17, 15) is 9.59 Å². The Hall–Kier alpha value is -0.870. The van der Waals surface area contributed by atoms with Gasteiger partial charge in [-0.1, -0.05) is 27.5 Å². The number of nitrogens with one attached hydrogen (secondary N) is 1. The van der Waals surface area contributed by atoms with Gasteiger partial charge in [0.25, 0.3) is 0 Å². The number of anilines is 1. The van der Waals surface area contributed by atoms with Gasteiger partial charge in [-0.05, 0) is 18.2 Å². The maximum atomic E-state index is 11.6. The van der Waals surface area contributed by atoms with Crippen LogP contribution in [0.25, 0.3) is 0 Å². The molecule has 1 atom stereocenters. The van der Waals surface area contributed by atoms with Crippen LogP contribution in [-0.4, -0.2) is 16.5 Å². The molecule has 0 spiro atoms. The summed E-state index contributed by atoms with van der Waals surface area (Å²) >= 11 is 8.75. The number of Topliss-reactive ketones (excluding diaryl/α,β-unsaturated/α-hetero) is 1. The number of alkyl halides is 1. The van der Waals surface area contributed by atoms with Gasteiger partial charge < -0.3 is 5.32 Å². The van der Waals surface area contributed by atoms with Crippen molar-refractivity contribution in [1.29, 1.82) is 0 Å². The zero-order valence-corrected chi connectivity index (χ0v) is 9.22. The largest absolute Gasteiger partial charge is 0.324 e. The lowest BCUT2D eigenvalue weighted by Crippen LogP contribution is -2.35. The van der Waals surface area contributed by atoms with E-state index in [0.29, 0.717) is 16.3 Å². The number of hydrogen-bond acceptors (Lipinski definition) is 2. The van der Waals surface area contributed by atoms with Gasteiger partial charge in [0.05, 0.1) is 5.69 Å². The van der Waals surface area contributed by atoms with E-state index in [-0.39, 0.29) is 11.7 Å². The smallest absolute Gasteiger partial charge is 0.246 e. The van der Waals surface area contributed by atoms with Crippen LogP contribution in [0.2, 0.25) is 5.02 Å². The molecule has 72 valence electrons. The molecular formula is C9H5BrClNO2. The second-order valence-corrected chi connectivity index (χ2v) is 4.26. The number of rotatable bonds is 0. The Bertz CT molecular complexity index is 433. The van der Waals surface area contributed by atoms with Crippen LogP contribution in [0.4, 0.5) is 5.69 Å². The molecule has 3 nitrogen and oxygen atoms in total. The molecular weight excluding hydrogens is 269 g/mol. The van der Waals surface area contributed by atoms with Gasteiger partial charge in [0.2, 0.25) is 5.91 Å². The molecule has 0 fully saturated rings. The molecule has 1 aliphatic rings. The fraction of sp³-hybridized carbons (Fsp3) is 0.111. The van der Waals surface area contributed by atoms with Gasteiger partial charge in [0.15, 0.2) is 10.6 Å². The van der Waals surface area contributed by atoms with E-state index in [0.717, 1.165) is 0 Å². The SMILES string of the molecule is O=C1Nc2ccc(Cl)cc2C(=O)C1Br. The molecule has 1 amide bonds. The third-order valence-corrected chi connectivity index (χ3v) is 3.03. The van der Waals surface area contributed by atoms with E-state index in [1.54, 1.807) is 18.2 Å². The van der Waals surface area contributed by atoms with Gasteiger partial charge in [-0.2, -0.15) is 0 Å². The van der Waals surface area contributed by atoms with Crippen molar-refractivity contribution in [2.75, 3.05) is 5.32 Å². The molecule has 0 saturated heterocycles. The van der Waals surface area contributed by atoms with E-state index in [2.05, 4.69) is 21.2 Å². The molecule has 0 aliphatic carbocycles. The molecule has 1 aromatic carbocycles. The first-order valence-corrected chi connectivity index (χ1v) is 5.17. The maximum absolute atomic E-state index is 11.6. The summed E-state index contributed by atoms with van der Waals surface area (Å²) in [6.07, 6.45) is 0. The molecule has 0 radical (unpaired) electrons. The van der Waals surface area contributed by atoms with Gasteiger partial charge in [0.1, 0.15) is 0 Å². The Morgan fingerprint density at radius 3 is 2.79 bits per heavy atom. The molecule has 1 unspecified atom stereocenters.